The van der Waals surface area contributed by atoms with Crippen molar-refractivity contribution in [1.29, 1.82) is 0 Å². The number of aromatic nitrogens is 2. The van der Waals surface area contributed by atoms with E-state index in [-0.39, 0.29) is 12.2 Å². The van der Waals surface area contributed by atoms with Crippen LogP contribution in [0.4, 0.5) is 0 Å². The fourth-order valence-electron chi connectivity index (χ4n) is 4.38. The highest BCUT2D eigenvalue weighted by Gasteiger charge is 2.33. The topological polar surface area (TPSA) is 65.6 Å². The highest BCUT2D eigenvalue weighted by Crippen LogP contribution is 2.31. The molecule has 5 rings (SSSR count). The number of rotatable bonds is 4. The van der Waals surface area contributed by atoms with E-state index in [2.05, 4.69) is 4.99 Å². The summed E-state index contributed by atoms with van der Waals surface area (Å²) >= 11 is 7.42. The molecule has 0 bridgehead atoms. The third-order valence-corrected chi connectivity index (χ3v) is 7.15. The number of fused-ring (bicyclic) bond motifs is 2. The van der Waals surface area contributed by atoms with Crippen LogP contribution in [-0.2, 0) is 16.6 Å². The van der Waals surface area contributed by atoms with Crippen molar-refractivity contribution < 1.29 is 9.53 Å². The Morgan fingerprint density at radius 2 is 1.94 bits per heavy atom. The van der Waals surface area contributed by atoms with Gasteiger partial charge in [0.15, 0.2) is 4.80 Å². The molecule has 1 atom stereocenters. The number of benzene rings is 2. The smallest absolute Gasteiger partial charge is 0.338 e. The van der Waals surface area contributed by atoms with Gasteiger partial charge in [0.05, 0.1) is 28.5 Å². The molecule has 0 fully saturated rings. The van der Waals surface area contributed by atoms with Gasteiger partial charge in [-0.25, -0.2) is 9.79 Å². The van der Waals surface area contributed by atoms with E-state index in [1.807, 2.05) is 60.3 Å². The highest BCUT2D eigenvalue weighted by molar-refractivity contribution is 7.07. The Morgan fingerprint density at radius 1 is 1.21 bits per heavy atom. The number of hydrogen-bond acceptors (Lipinski definition) is 5. The van der Waals surface area contributed by atoms with Crippen LogP contribution in [-0.4, -0.2) is 21.7 Å². The monoisotopic (exact) mass is 491 g/mol. The molecule has 0 radical (unpaired) electrons. The average Bonchev–Trinajstić information content (AvgIpc) is 3.30. The number of hydrogen-bond donors (Lipinski definition) is 0. The van der Waals surface area contributed by atoms with Crippen molar-refractivity contribution in [2.24, 2.45) is 12.0 Å². The molecule has 0 saturated carbocycles. The number of thiazole rings is 1. The van der Waals surface area contributed by atoms with Crippen molar-refractivity contribution in [2.75, 3.05) is 6.61 Å². The zero-order valence-electron chi connectivity index (χ0n) is 18.9. The third-order valence-electron chi connectivity index (χ3n) is 5.92. The van der Waals surface area contributed by atoms with E-state index in [1.165, 1.54) is 11.3 Å². The minimum atomic E-state index is -0.651. The summed E-state index contributed by atoms with van der Waals surface area (Å²) in [6.07, 6.45) is 3.91. The molecule has 2 aromatic carbocycles. The maximum atomic E-state index is 13.7. The molecule has 0 saturated heterocycles. The van der Waals surface area contributed by atoms with Gasteiger partial charge < -0.3 is 9.30 Å². The summed E-state index contributed by atoms with van der Waals surface area (Å²) in [5.74, 6) is -0.480. The Kier molecular flexibility index (Phi) is 5.75. The second-order valence-corrected chi connectivity index (χ2v) is 9.51. The SMILES string of the molecule is CCOC(=O)C1=C(C)N=c2sc(=Cc3cn(C)c4ccccc34)c(=O)n2[C@H]1c1ccc(Cl)cc1. The van der Waals surface area contributed by atoms with Gasteiger partial charge in [0, 0.05) is 34.7 Å². The summed E-state index contributed by atoms with van der Waals surface area (Å²) in [5, 5.41) is 1.64. The van der Waals surface area contributed by atoms with Gasteiger partial charge in [-0.15, -0.1) is 0 Å². The molecule has 3 heterocycles. The van der Waals surface area contributed by atoms with Gasteiger partial charge >= 0.3 is 5.97 Å². The van der Waals surface area contributed by atoms with Gasteiger partial charge in [-0.2, -0.15) is 0 Å². The lowest BCUT2D eigenvalue weighted by molar-refractivity contribution is -0.139. The first-order valence-electron chi connectivity index (χ1n) is 10.9. The molecule has 172 valence electrons. The zero-order valence-corrected chi connectivity index (χ0v) is 20.5. The average molecular weight is 492 g/mol. The van der Waals surface area contributed by atoms with Crippen molar-refractivity contribution in [3.8, 4) is 0 Å². The number of carbonyl (C=O) groups excluding carboxylic acids is 1. The molecule has 4 aromatic rings. The fourth-order valence-corrected chi connectivity index (χ4v) is 5.54. The van der Waals surface area contributed by atoms with Crippen LogP contribution < -0.4 is 14.9 Å². The van der Waals surface area contributed by atoms with Crippen LogP contribution in [0.25, 0.3) is 17.0 Å². The van der Waals surface area contributed by atoms with E-state index < -0.39 is 12.0 Å². The number of esters is 1. The number of ether oxygens (including phenoxy) is 1. The number of para-hydroxylation sites is 1. The van der Waals surface area contributed by atoms with Gasteiger partial charge in [0.1, 0.15) is 0 Å². The van der Waals surface area contributed by atoms with Crippen LogP contribution in [0.5, 0.6) is 0 Å². The van der Waals surface area contributed by atoms with E-state index in [0.717, 1.165) is 22.0 Å². The predicted octanol–water partition coefficient (Wildman–Crippen LogP) is 3.94. The molecule has 0 aliphatic carbocycles. The van der Waals surface area contributed by atoms with Crippen LogP contribution in [0.1, 0.15) is 31.0 Å². The normalized spacial score (nSPS) is 16.0. The van der Waals surface area contributed by atoms with E-state index in [0.29, 0.717) is 25.6 Å². The van der Waals surface area contributed by atoms with Gasteiger partial charge in [-0.3, -0.25) is 9.36 Å². The molecule has 8 heteroatoms. The first-order chi connectivity index (χ1) is 16.4. The number of aryl methyl sites for hydroxylation is 1. The summed E-state index contributed by atoms with van der Waals surface area (Å²) in [6.45, 7) is 3.76. The lowest BCUT2D eigenvalue weighted by atomic mass is 9.96. The van der Waals surface area contributed by atoms with Crippen LogP contribution in [0.15, 0.2) is 75.8 Å². The highest BCUT2D eigenvalue weighted by atomic mass is 35.5. The Bertz CT molecular complexity index is 1640. The maximum absolute atomic E-state index is 13.7. The van der Waals surface area contributed by atoms with Gasteiger partial charge in [0.25, 0.3) is 5.56 Å². The molecule has 6 nitrogen and oxygen atoms in total. The molecule has 34 heavy (non-hydrogen) atoms. The Labute approximate surface area is 204 Å². The van der Waals surface area contributed by atoms with Gasteiger partial charge in [-0.1, -0.05) is 53.3 Å². The van der Waals surface area contributed by atoms with Crippen molar-refractivity contribution in [3.63, 3.8) is 0 Å². The Morgan fingerprint density at radius 3 is 2.68 bits per heavy atom. The molecular weight excluding hydrogens is 470 g/mol. The van der Waals surface area contributed by atoms with E-state index in [4.69, 9.17) is 16.3 Å². The maximum Gasteiger partial charge on any atom is 0.338 e. The van der Waals surface area contributed by atoms with Crippen LogP contribution in [0.2, 0.25) is 5.02 Å². The lowest BCUT2D eigenvalue weighted by Gasteiger charge is -2.24. The standard InChI is InChI=1S/C26H22ClN3O3S/c1-4-33-25(32)22-15(2)28-26-30(23(22)16-9-11-18(27)12-10-16)24(31)21(34-26)13-17-14-29(3)20-8-6-5-7-19(17)20/h5-14,23H,4H2,1-3H3/t23-/m0/s1. The summed E-state index contributed by atoms with van der Waals surface area (Å²) in [6, 6.07) is 14.6. The molecule has 0 unspecified atom stereocenters. The van der Waals surface area contributed by atoms with E-state index in [1.54, 1.807) is 30.5 Å². The number of allylic oxidation sites excluding steroid dienone is 1. The molecule has 1 aliphatic rings. The van der Waals surface area contributed by atoms with Crippen molar-refractivity contribution in [1.82, 2.24) is 9.13 Å². The molecular formula is C26H22ClN3O3S. The van der Waals surface area contributed by atoms with E-state index >= 15 is 0 Å². The minimum absolute atomic E-state index is 0.203. The summed E-state index contributed by atoms with van der Waals surface area (Å²) in [7, 11) is 1.98. The quantitative estimate of drug-likeness (QED) is 0.406. The first kappa shape index (κ1) is 22.4. The van der Waals surface area contributed by atoms with Crippen molar-refractivity contribution in [2.45, 2.75) is 19.9 Å². The Hall–Kier alpha value is -3.42. The Balaban J connectivity index is 1.75. The second kappa shape index (κ2) is 8.74. The summed E-state index contributed by atoms with van der Waals surface area (Å²) in [4.78, 5) is 31.8. The molecule has 2 aromatic heterocycles. The lowest BCUT2D eigenvalue weighted by Crippen LogP contribution is -2.39. The van der Waals surface area contributed by atoms with Crippen molar-refractivity contribution in [3.05, 3.63) is 102 Å². The third kappa shape index (κ3) is 3.71. The summed E-state index contributed by atoms with van der Waals surface area (Å²) in [5.41, 5.74) is 3.49. The molecule has 0 spiro atoms. The predicted molar refractivity (Wildman–Crippen MR) is 135 cm³/mol. The van der Waals surface area contributed by atoms with Crippen LogP contribution in [0.3, 0.4) is 0 Å². The molecule has 1 aliphatic heterocycles. The number of carbonyl (C=O) groups is 1. The van der Waals surface area contributed by atoms with Crippen LogP contribution >= 0.6 is 22.9 Å². The largest absolute Gasteiger partial charge is 0.463 e. The molecule has 0 amide bonds. The molecule has 0 N–H and O–H groups in total. The number of nitrogens with zero attached hydrogens (tertiary/aromatic N) is 3. The zero-order chi connectivity index (χ0) is 24.0. The van der Waals surface area contributed by atoms with E-state index in [9.17, 15) is 9.59 Å². The van der Waals surface area contributed by atoms with Crippen LogP contribution in [0, 0.1) is 0 Å². The number of halogens is 1. The fraction of sp³-hybridized carbons (Fsp3) is 0.192. The van der Waals surface area contributed by atoms with Crippen molar-refractivity contribution >= 4 is 45.9 Å². The summed E-state index contributed by atoms with van der Waals surface area (Å²) < 4.78 is 9.51. The second-order valence-electron chi connectivity index (χ2n) is 8.07. The van der Waals surface area contributed by atoms with Gasteiger partial charge in [-0.05, 0) is 43.7 Å². The minimum Gasteiger partial charge on any atom is -0.463 e. The van der Waals surface area contributed by atoms with Gasteiger partial charge in [0.2, 0.25) is 0 Å². The first-order valence-corrected chi connectivity index (χ1v) is 12.1.